The number of aliphatic imine (C=N–C) groups is 1. The number of carbonyl (C=O) groups excluding carboxylic acids is 1. The summed E-state index contributed by atoms with van der Waals surface area (Å²) >= 11 is 0. The average Bonchev–Trinajstić information content (AvgIpc) is 2.70. The van der Waals surface area contributed by atoms with Crippen LogP contribution in [-0.2, 0) is 24.1 Å². The van der Waals surface area contributed by atoms with Crippen LogP contribution in [-0.4, -0.2) is 44.1 Å². The predicted molar refractivity (Wildman–Crippen MR) is 103 cm³/mol. The number of carbonyl (C=O) groups is 1. The Balaban J connectivity index is 1.53. The molecule has 2 aromatic carbocycles. The lowest BCUT2D eigenvalue weighted by Crippen LogP contribution is -2.44. The summed E-state index contributed by atoms with van der Waals surface area (Å²) in [6.07, 6.45) is 1.91. The van der Waals surface area contributed by atoms with Crippen LogP contribution in [0.1, 0.15) is 27.0 Å². The molecule has 1 aliphatic rings. The van der Waals surface area contributed by atoms with Gasteiger partial charge in [-0.3, -0.25) is 4.99 Å². The number of hydrogen-bond acceptors (Lipinski definition) is 3. The molecule has 5 heteroatoms. The van der Waals surface area contributed by atoms with Gasteiger partial charge in [0.25, 0.3) is 0 Å². The maximum atomic E-state index is 11.5. The molecule has 0 saturated heterocycles. The number of ether oxygens (including phenoxy) is 1. The van der Waals surface area contributed by atoms with Crippen molar-refractivity contribution in [2.75, 3.05) is 27.2 Å². The van der Waals surface area contributed by atoms with Crippen molar-refractivity contribution in [3.8, 4) is 0 Å². The van der Waals surface area contributed by atoms with E-state index in [1.165, 1.54) is 23.8 Å². The third kappa shape index (κ3) is 4.23. The molecular weight excluding hydrogens is 326 g/mol. The van der Waals surface area contributed by atoms with Crippen LogP contribution in [0, 0.1) is 0 Å². The monoisotopic (exact) mass is 351 g/mol. The number of benzene rings is 2. The van der Waals surface area contributed by atoms with E-state index >= 15 is 0 Å². The van der Waals surface area contributed by atoms with Gasteiger partial charge < -0.3 is 15.0 Å². The Hall–Kier alpha value is -2.82. The number of fused-ring (bicyclic) bond motifs is 1. The van der Waals surface area contributed by atoms with Crippen molar-refractivity contribution < 1.29 is 9.53 Å². The van der Waals surface area contributed by atoms with Crippen molar-refractivity contribution in [1.82, 2.24) is 10.2 Å². The van der Waals surface area contributed by atoms with E-state index in [2.05, 4.69) is 39.5 Å². The van der Waals surface area contributed by atoms with Gasteiger partial charge >= 0.3 is 5.97 Å². The van der Waals surface area contributed by atoms with E-state index in [0.29, 0.717) is 5.56 Å². The van der Waals surface area contributed by atoms with Gasteiger partial charge in [0.2, 0.25) is 0 Å². The molecular formula is C21H25N3O2. The number of nitrogens with one attached hydrogen (secondary N) is 1. The van der Waals surface area contributed by atoms with Crippen molar-refractivity contribution in [2.45, 2.75) is 19.4 Å². The van der Waals surface area contributed by atoms with E-state index in [1.807, 2.05) is 19.2 Å². The summed E-state index contributed by atoms with van der Waals surface area (Å²) in [5, 5.41) is 3.45. The zero-order chi connectivity index (χ0) is 18.4. The Morgan fingerprint density at radius 2 is 1.88 bits per heavy atom. The van der Waals surface area contributed by atoms with Gasteiger partial charge in [-0.1, -0.05) is 36.4 Å². The summed E-state index contributed by atoms with van der Waals surface area (Å²) in [6, 6.07) is 16.1. The molecule has 0 fully saturated rings. The fourth-order valence-electron chi connectivity index (χ4n) is 3.25. The molecule has 136 valence electrons. The molecule has 0 aliphatic carbocycles. The van der Waals surface area contributed by atoms with E-state index in [1.54, 1.807) is 12.1 Å². The zero-order valence-electron chi connectivity index (χ0n) is 15.4. The summed E-state index contributed by atoms with van der Waals surface area (Å²) in [7, 11) is 3.22. The fourth-order valence-corrected chi connectivity index (χ4v) is 3.25. The first-order valence-corrected chi connectivity index (χ1v) is 8.91. The maximum absolute atomic E-state index is 11.5. The summed E-state index contributed by atoms with van der Waals surface area (Å²) in [5.41, 5.74) is 4.56. The average molecular weight is 351 g/mol. The molecule has 5 nitrogen and oxygen atoms in total. The highest BCUT2D eigenvalue weighted by molar-refractivity contribution is 5.89. The van der Waals surface area contributed by atoms with E-state index in [9.17, 15) is 4.79 Å². The molecule has 1 N–H and O–H groups in total. The van der Waals surface area contributed by atoms with Gasteiger partial charge in [0.1, 0.15) is 0 Å². The van der Waals surface area contributed by atoms with Crippen molar-refractivity contribution in [3.05, 3.63) is 70.8 Å². The Morgan fingerprint density at radius 1 is 1.15 bits per heavy atom. The van der Waals surface area contributed by atoms with E-state index in [4.69, 9.17) is 4.74 Å². The molecule has 0 saturated carbocycles. The fraction of sp³-hybridized carbons (Fsp3) is 0.333. The Labute approximate surface area is 154 Å². The lowest BCUT2D eigenvalue weighted by Gasteiger charge is -2.31. The largest absolute Gasteiger partial charge is 0.465 e. The van der Waals surface area contributed by atoms with E-state index in [-0.39, 0.29) is 5.97 Å². The topological polar surface area (TPSA) is 53.9 Å². The van der Waals surface area contributed by atoms with Gasteiger partial charge in [-0.05, 0) is 41.7 Å². The molecule has 26 heavy (non-hydrogen) atoms. The molecule has 2 aromatic rings. The van der Waals surface area contributed by atoms with Crippen LogP contribution < -0.4 is 5.32 Å². The van der Waals surface area contributed by atoms with Gasteiger partial charge in [0.15, 0.2) is 5.96 Å². The van der Waals surface area contributed by atoms with Gasteiger partial charge in [0.05, 0.1) is 12.7 Å². The standard InChI is InChI=1S/C21H25N3O2/c1-22-21(24-14-12-17-5-3-4-6-19(17)15-24)23-13-11-16-7-9-18(10-8-16)20(25)26-2/h3-10H,11-15H2,1-2H3,(H,22,23). The van der Waals surface area contributed by atoms with Gasteiger partial charge in [0, 0.05) is 26.7 Å². The van der Waals surface area contributed by atoms with Crippen LogP contribution in [0.5, 0.6) is 0 Å². The minimum absolute atomic E-state index is 0.305. The lowest BCUT2D eigenvalue weighted by atomic mass is 10.0. The second-order valence-corrected chi connectivity index (χ2v) is 6.35. The predicted octanol–water partition coefficient (Wildman–Crippen LogP) is 2.65. The number of methoxy groups -OCH3 is 1. The van der Waals surface area contributed by atoms with Crippen LogP contribution in [0.3, 0.4) is 0 Å². The molecule has 0 amide bonds. The molecule has 0 spiro atoms. The third-order valence-corrected chi connectivity index (χ3v) is 4.71. The highest BCUT2D eigenvalue weighted by atomic mass is 16.5. The Kier molecular flexibility index (Phi) is 5.89. The Bertz CT molecular complexity index is 784. The Morgan fingerprint density at radius 3 is 2.58 bits per heavy atom. The first-order chi connectivity index (χ1) is 12.7. The van der Waals surface area contributed by atoms with E-state index in [0.717, 1.165) is 38.4 Å². The summed E-state index contributed by atoms with van der Waals surface area (Å²) in [5.74, 6) is 0.631. The molecule has 3 rings (SSSR count). The SMILES string of the molecule is CN=C(NCCc1ccc(C(=O)OC)cc1)N1CCc2ccccc2C1. The number of hydrogen-bond donors (Lipinski definition) is 1. The maximum Gasteiger partial charge on any atom is 0.337 e. The highest BCUT2D eigenvalue weighted by Gasteiger charge is 2.18. The minimum Gasteiger partial charge on any atom is -0.465 e. The highest BCUT2D eigenvalue weighted by Crippen LogP contribution is 2.18. The third-order valence-electron chi connectivity index (χ3n) is 4.71. The molecule has 0 radical (unpaired) electrons. The molecule has 1 heterocycles. The van der Waals surface area contributed by atoms with Crippen LogP contribution >= 0.6 is 0 Å². The first kappa shape index (κ1) is 18.0. The smallest absolute Gasteiger partial charge is 0.337 e. The number of esters is 1. The van der Waals surface area contributed by atoms with Crippen LogP contribution in [0.4, 0.5) is 0 Å². The van der Waals surface area contributed by atoms with Crippen LogP contribution in [0.25, 0.3) is 0 Å². The lowest BCUT2D eigenvalue weighted by molar-refractivity contribution is 0.0600. The zero-order valence-corrected chi connectivity index (χ0v) is 15.4. The second kappa shape index (κ2) is 8.52. The van der Waals surface area contributed by atoms with Crippen molar-refractivity contribution in [2.24, 2.45) is 4.99 Å². The van der Waals surface area contributed by atoms with E-state index < -0.39 is 0 Å². The molecule has 0 bridgehead atoms. The summed E-state index contributed by atoms with van der Waals surface area (Å²) < 4.78 is 4.72. The van der Waals surface area contributed by atoms with Gasteiger partial charge in [-0.15, -0.1) is 0 Å². The van der Waals surface area contributed by atoms with Crippen LogP contribution in [0.2, 0.25) is 0 Å². The summed E-state index contributed by atoms with van der Waals surface area (Å²) in [6.45, 7) is 2.66. The molecule has 1 aliphatic heterocycles. The summed E-state index contributed by atoms with van der Waals surface area (Å²) in [4.78, 5) is 18.2. The van der Waals surface area contributed by atoms with Gasteiger partial charge in [-0.25, -0.2) is 4.79 Å². The second-order valence-electron chi connectivity index (χ2n) is 6.35. The number of nitrogens with zero attached hydrogens (tertiary/aromatic N) is 2. The van der Waals surface area contributed by atoms with Crippen molar-refractivity contribution in [1.29, 1.82) is 0 Å². The van der Waals surface area contributed by atoms with Crippen molar-refractivity contribution in [3.63, 3.8) is 0 Å². The normalized spacial score (nSPS) is 13.9. The molecule has 0 aromatic heterocycles. The minimum atomic E-state index is -0.305. The van der Waals surface area contributed by atoms with Crippen molar-refractivity contribution >= 4 is 11.9 Å². The first-order valence-electron chi connectivity index (χ1n) is 8.91. The number of guanidine groups is 1. The van der Waals surface area contributed by atoms with Crippen LogP contribution in [0.15, 0.2) is 53.5 Å². The molecule has 0 atom stereocenters. The molecule has 0 unspecified atom stereocenters. The number of rotatable bonds is 4. The quantitative estimate of drug-likeness (QED) is 0.523. The van der Waals surface area contributed by atoms with Gasteiger partial charge in [-0.2, -0.15) is 0 Å².